The number of aromatic nitrogens is 2. The number of anilines is 1. The minimum Gasteiger partial charge on any atom is -0.383 e. The second-order valence-corrected chi connectivity index (χ2v) is 10.4. The quantitative estimate of drug-likeness (QED) is 0.695. The van der Waals surface area contributed by atoms with Crippen LogP contribution in [0.25, 0.3) is 0 Å². The molecule has 3 rings (SSSR count). The van der Waals surface area contributed by atoms with Crippen molar-refractivity contribution in [2.45, 2.75) is 63.2 Å². The van der Waals surface area contributed by atoms with Crippen LogP contribution < -0.4 is 10.5 Å². The lowest BCUT2D eigenvalue weighted by molar-refractivity contribution is 0.0783. The highest BCUT2D eigenvalue weighted by Crippen LogP contribution is 2.33. The predicted octanol–water partition coefficient (Wildman–Crippen LogP) is 3.06. The molecular weight excluding hydrogens is 398 g/mol. The van der Waals surface area contributed by atoms with Crippen LogP contribution in [0, 0.1) is 6.92 Å². The normalized spacial score (nSPS) is 15.8. The monoisotopic (exact) mass is 423 g/mol. The molecule has 8 nitrogen and oxygen atoms in total. The summed E-state index contributed by atoms with van der Waals surface area (Å²) >= 11 is 0.980. The van der Waals surface area contributed by atoms with E-state index in [-0.39, 0.29) is 4.21 Å². The highest BCUT2D eigenvalue weighted by molar-refractivity contribution is 7.93. The third kappa shape index (κ3) is 4.09. The molecule has 0 aromatic carbocycles. The number of hydrogen-bond acceptors (Lipinski definition) is 6. The van der Waals surface area contributed by atoms with Gasteiger partial charge >= 0.3 is 6.03 Å². The fourth-order valence-corrected chi connectivity index (χ4v) is 5.38. The average molecular weight is 424 g/mol. The number of carbonyl (C=O) groups excluding carboxylic acids is 1. The molecular formula is C18H25N5O3S2. The minimum absolute atomic E-state index is 0.145. The van der Waals surface area contributed by atoms with E-state index in [1.54, 1.807) is 13.8 Å². The van der Waals surface area contributed by atoms with Crippen LogP contribution in [0.4, 0.5) is 10.5 Å². The van der Waals surface area contributed by atoms with Crippen LogP contribution >= 0.6 is 11.3 Å². The third-order valence-corrected chi connectivity index (χ3v) is 7.82. The Morgan fingerprint density at radius 3 is 2.79 bits per heavy atom. The molecule has 0 saturated heterocycles. The molecule has 0 saturated carbocycles. The van der Waals surface area contributed by atoms with Gasteiger partial charge in [-0.15, -0.1) is 15.7 Å². The Bertz CT molecular complexity index is 1040. The van der Waals surface area contributed by atoms with Gasteiger partial charge in [-0.3, -0.25) is 4.98 Å². The standard InChI is InChI=1S/C18H25N5O3S2/c1-5-11-10(2)21-13-8-6-7-12(13)15(11)22-17(24)23-28(19,26)14-9-20-16(27-14)18(3,4)25/h9,25H,5-8H2,1-4H3,(H3,19,21,22,23,24,26)/t28-/m0/s1. The van der Waals surface area contributed by atoms with Gasteiger partial charge in [-0.1, -0.05) is 6.92 Å². The number of fused-ring (bicyclic) bond motifs is 1. The van der Waals surface area contributed by atoms with E-state index in [9.17, 15) is 14.1 Å². The summed E-state index contributed by atoms with van der Waals surface area (Å²) in [4.78, 5) is 21.2. The zero-order chi connectivity index (χ0) is 20.7. The van der Waals surface area contributed by atoms with Crippen molar-refractivity contribution in [2.24, 2.45) is 9.50 Å². The lowest BCUT2D eigenvalue weighted by Crippen LogP contribution is -2.18. The van der Waals surface area contributed by atoms with Crippen molar-refractivity contribution < 1.29 is 14.1 Å². The Kier molecular flexibility index (Phi) is 5.59. The van der Waals surface area contributed by atoms with E-state index in [1.807, 2.05) is 13.8 Å². The van der Waals surface area contributed by atoms with Crippen molar-refractivity contribution in [1.82, 2.24) is 9.97 Å². The maximum Gasteiger partial charge on any atom is 0.354 e. The van der Waals surface area contributed by atoms with Crippen molar-refractivity contribution >= 4 is 33.0 Å². The largest absolute Gasteiger partial charge is 0.383 e. The predicted molar refractivity (Wildman–Crippen MR) is 110 cm³/mol. The molecule has 1 aliphatic carbocycles. The van der Waals surface area contributed by atoms with Crippen molar-refractivity contribution in [3.63, 3.8) is 0 Å². The second kappa shape index (κ2) is 7.51. The molecule has 2 aromatic rings. The van der Waals surface area contributed by atoms with Crippen LogP contribution in [0.15, 0.2) is 14.8 Å². The number of nitrogens with two attached hydrogens (primary N) is 1. The number of thiazole rings is 1. The Balaban J connectivity index is 1.94. The van der Waals surface area contributed by atoms with Crippen molar-refractivity contribution in [3.05, 3.63) is 33.7 Å². The molecule has 2 amide bonds. The number of rotatable bonds is 4. The van der Waals surface area contributed by atoms with Crippen LogP contribution in [0.3, 0.4) is 0 Å². The van der Waals surface area contributed by atoms with Gasteiger partial charge in [0.25, 0.3) is 0 Å². The van der Waals surface area contributed by atoms with Gasteiger partial charge in [0.1, 0.15) is 14.8 Å². The first-order chi connectivity index (χ1) is 13.0. The lowest BCUT2D eigenvalue weighted by Gasteiger charge is -2.16. The number of amides is 2. The molecule has 2 aromatic heterocycles. The van der Waals surface area contributed by atoms with Gasteiger partial charge in [0, 0.05) is 11.4 Å². The molecule has 4 N–H and O–H groups in total. The summed E-state index contributed by atoms with van der Waals surface area (Å²) in [5.74, 6) is 0. The highest BCUT2D eigenvalue weighted by atomic mass is 32.2. The molecule has 1 aliphatic rings. The molecule has 0 spiro atoms. The van der Waals surface area contributed by atoms with E-state index in [0.29, 0.717) is 17.1 Å². The number of hydrogen-bond donors (Lipinski definition) is 3. The molecule has 0 radical (unpaired) electrons. The van der Waals surface area contributed by atoms with Gasteiger partial charge in [-0.05, 0) is 57.6 Å². The first-order valence-electron chi connectivity index (χ1n) is 9.08. The van der Waals surface area contributed by atoms with Crippen LogP contribution in [0.1, 0.15) is 54.7 Å². The van der Waals surface area contributed by atoms with Crippen LogP contribution in [0.2, 0.25) is 0 Å². The molecule has 28 heavy (non-hydrogen) atoms. The van der Waals surface area contributed by atoms with Crippen molar-refractivity contribution in [1.29, 1.82) is 0 Å². The maximum absolute atomic E-state index is 12.8. The summed E-state index contributed by atoms with van der Waals surface area (Å²) in [6, 6.07) is -0.764. The smallest absolute Gasteiger partial charge is 0.354 e. The van der Waals surface area contributed by atoms with Gasteiger partial charge < -0.3 is 10.4 Å². The topological polar surface area (TPSA) is 131 Å². The molecule has 0 aliphatic heterocycles. The highest BCUT2D eigenvalue weighted by Gasteiger charge is 2.25. The summed E-state index contributed by atoms with van der Waals surface area (Å²) in [7, 11) is -3.47. The van der Waals surface area contributed by atoms with Gasteiger partial charge in [0.05, 0.1) is 11.9 Å². The summed E-state index contributed by atoms with van der Waals surface area (Å²) in [5, 5.41) is 19.0. The Hall–Kier alpha value is -1.88. The summed E-state index contributed by atoms with van der Waals surface area (Å²) in [5.41, 5.74) is 3.38. The Labute approximate surface area is 168 Å². The number of nitrogens with one attached hydrogen (secondary N) is 1. The summed E-state index contributed by atoms with van der Waals surface area (Å²) in [6.07, 6.45) is 4.72. The van der Waals surface area contributed by atoms with E-state index in [0.717, 1.165) is 53.1 Å². The van der Waals surface area contributed by atoms with Gasteiger partial charge in [0.2, 0.25) is 0 Å². The number of aliphatic hydroxyl groups is 1. The fraction of sp³-hybridized carbons (Fsp3) is 0.500. The van der Waals surface area contributed by atoms with Gasteiger partial charge in [-0.2, -0.15) is 0 Å². The summed E-state index contributed by atoms with van der Waals surface area (Å²) < 4.78 is 16.7. The molecule has 1 atom stereocenters. The van der Waals surface area contributed by atoms with Crippen LogP contribution in [-0.2, 0) is 34.8 Å². The molecule has 0 bridgehead atoms. The molecule has 0 unspecified atom stereocenters. The molecule has 2 heterocycles. The van der Waals surface area contributed by atoms with E-state index in [4.69, 9.17) is 5.14 Å². The number of pyridine rings is 1. The van der Waals surface area contributed by atoms with E-state index in [1.165, 1.54) is 6.20 Å². The molecule has 10 heteroatoms. The number of aryl methyl sites for hydroxylation is 2. The zero-order valence-corrected chi connectivity index (χ0v) is 18.0. The Morgan fingerprint density at radius 2 is 2.18 bits per heavy atom. The first-order valence-corrected chi connectivity index (χ1v) is 11.5. The Morgan fingerprint density at radius 1 is 1.46 bits per heavy atom. The van der Waals surface area contributed by atoms with E-state index in [2.05, 4.69) is 19.6 Å². The lowest BCUT2D eigenvalue weighted by atomic mass is 10.0. The molecule has 0 fully saturated rings. The molecule has 152 valence electrons. The van der Waals surface area contributed by atoms with E-state index >= 15 is 0 Å². The van der Waals surface area contributed by atoms with Crippen molar-refractivity contribution in [3.8, 4) is 0 Å². The second-order valence-electron chi connectivity index (χ2n) is 7.32. The number of carbonyl (C=O) groups is 1. The maximum atomic E-state index is 12.8. The van der Waals surface area contributed by atoms with Gasteiger partial charge in [0.15, 0.2) is 9.92 Å². The SMILES string of the molecule is CCc1c(C)nc2c(c1NC(=O)N=[S@](N)(=O)c1cnc(C(C)(C)O)s1)CCC2. The summed E-state index contributed by atoms with van der Waals surface area (Å²) in [6.45, 7) is 7.05. The minimum atomic E-state index is -3.47. The average Bonchev–Trinajstić information content (AvgIpc) is 3.23. The first kappa shape index (κ1) is 20.8. The fourth-order valence-electron chi connectivity index (χ4n) is 3.31. The van der Waals surface area contributed by atoms with Gasteiger partial charge in [-0.25, -0.2) is 19.1 Å². The van der Waals surface area contributed by atoms with Crippen molar-refractivity contribution in [2.75, 3.05) is 5.32 Å². The van der Waals surface area contributed by atoms with Crippen LogP contribution in [-0.4, -0.2) is 25.3 Å². The third-order valence-electron chi connectivity index (χ3n) is 4.63. The number of urea groups is 1. The zero-order valence-electron chi connectivity index (χ0n) is 16.4. The van der Waals surface area contributed by atoms with Crippen LogP contribution in [0.5, 0.6) is 0 Å². The van der Waals surface area contributed by atoms with E-state index < -0.39 is 21.5 Å². The number of nitrogens with zero attached hydrogens (tertiary/aromatic N) is 3.